The molecule has 2 heterocycles. The highest BCUT2D eigenvalue weighted by Gasteiger charge is 2.20. The van der Waals surface area contributed by atoms with Crippen molar-refractivity contribution in [2.45, 2.75) is 37.6 Å². The van der Waals surface area contributed by atoms with Crippen LogP contribution in [0, 0.1) is 5.92 Å². The summed E-state index contributed by atoms with van der Waals surface area (Å²) in [5.74, 6) is 1.07. The number of thioether (sulfide) groups is 1. The van der Waals surface area contributed by atoms with Crippen LogP contribution in [0.1, 0.15) is 37.0 Å². The SMILES string of the molecule is C[C@@H]1CCCN(C[C@H](C)NC(=O)c2ccc3c(c2)NC(=O)CS3)C1. The van der Waals surface area contributed by atoms with Crippen molar-refractivity contribution in [2.24, 2.45) is 5.92 Å². The van der Waals surface area contributed by atoms with Crippen LogP contribution in [0.3, 0.4) is 0 Å². The Hall–Kier alpha value is -1.53. The lowest BCUT2D eigenvalue weighted by Crippen LogP contribution is -2.45. The first-order valence-electron chi connectivity index (χ1n) is 8.61. The molecular weight excluding hydrogens is 322 g/mol. The minimum Gasteiger partial charge on any atom is -0.348 e. The predicted octanol–water partition coefficient (Wildman–Crippen LogP) is 2.58. The van der Waals surface area contributed by atoms with Crippen molar-refractivity contribution in [3.05, 3.63) is 23.8 Å². The molecule has 1 fully saturated rings. The lowest BCUT2D eigenvalue weighted by atomic mass is 10.00. The summed E-state index contributed by atoms with van der Waals surface area (Å²) in [6.07, 6.45) is 2.54. The largest absolute Gasteiger partial charge is 0.348 e. The molecule has 24 heavy (non-hydrogen) atoms. The van der Waals surface area contributed by atoms with E-state index in [1.165, 1.54) is 24.6 Å². The third-order valence-corrected chi connectivity index (χ3v) is 5.60. The van der Waals surface area contributed by atoms with Gasteiger partial charge in [-0.25, -0.2) is 0 Å². The van der Waals surface area contributed by atoms with E-state index in [4.69, 9.17) is 0 Å². The van der Waals surface area contributed by atoms with Gasteiger partial charge < -0.3 is 15.5 Å². The molecule has 3 rings (SSSR count). The number of benzene rings is 1. The molecule has 1 aromatic rings. The van der Waals surface area contributed by atoms with Crippen molar-refractivity contribution < 1.29 is 9.59 Å². The van der Waals surface area contributed by atoms with Gasteiger partial charge in [0.1, 0.15) is 0 Å². The van der Waals surface area contributed by atoms with Gasteiger partial charge in [0.05, 0.1) is 11.4 Å². The van der Waals surface area contributed by atoms with Crippen LogP contribution in [0.25, 0.3) is 0 Å². The summed E-state index contributed by atoms with van der Waals surface area (Å²) in [6, 6.07) is 5.60. The van der Waals surface area contributed by atoms with E-state index in [0.717, 1.165) is 36.1 Å². The molecule has 0 unspecified atom stereocenters. The van der Waals surface area contributed by atoms with Gasteiger partial charge in [0.25, 0.3) is 5.91 Å². The minimum absolute atomic E-state index is 0.0161. The van der Waals surface area contributed by atoms with Gasteiger partial charge in [-0.3, -0.25) is 9.59 Å². The molecule has 0 spiro atoms. The molecule has 6 heteroatoms. The van der Waals surface area contributed by atoms with Crippen LogP contribution >= 0.6 is 11.8 Å². The van der Waals surface area contributed by atoms with Crippen LogP contribution in [0.5, 0.6) is 0 Å². The topological polar surface area (TPSA) is 61.4 Å². The van der Waals surface area contributed by atoms with Crippen LogP contribution in [0.15, 0.2) is 23.1 Å². The van der Waals surface area contributed by atoms with E-state index in [1.807, 2.05) is 19.1 Å². The van der Waals surface area contributed by atoms with Gasteiger partial charge in [-0.2, -0.15) is 0 Å². The summed E-state index contributed by atoms with van der Waals surface area (Å²) in [7, 11) is 0. The average Bonchev–Trinajstić information content (AvgIpc) is 2.54. The number of hydrogen-bond donors (Lipinski definition) is 2. The van der Waals surface area contributed by atoms with E-state index < -0.39 is 0 Å². The maximum atomic E-state index is 12.5. The summed E-state index contributed by atoms with van der Waals surface area (Å²) in [6.45, 7) is 7.45. The molecular formula is C18H25N3O2S. The number of nitrogens with zero attached hydrogens (tertiary/aromatic N) is 1. The summed E-state index contributed by atoms with van der Waals surface area (Å²) in [5.41, 5.74) is 1.33. The monoisotopic (exact) mass is 347 g/mol. The standard InChI is InChI=1S/C18H25N3O2S/c1-12-4-3-7-21(9-12)10-13(2)19-18(23)14-5-6-16-15(8-14)20-17(22)11-24-16/h5-6,8,12-13H,3-4,7,9-11H2,1-2H3,(H,19,23)(H,20,22)/t12-,13+/m1/s1. The van der Waals surface area contributed by atoms with Crippen LogP contribution < -0.4 is 10.6 Å². The Morgan fingerprint density at radius 1 is 1.50 bits per heavy atom. The van der Waals surface area contributed by atoms with Gasteiger partial charge in [0, 0.05) is 29.6 Å². The number of nitrogens with one attached hydrogen (secondary N) is 2. The fourth-order valence-corrected chi connectivity index (χ4v) is 4.21. The highest BCUT2D eigenvalue weighted by molar-refractivity contribution is 8.00. The molecule has 0 aliphatic carbocycles. The molecule has 2 N–H and O–H groups in total. The van der Waals surface area contributed by atoms with Crippen LogP contribution in [0.2, 0.25) is 0 Å². The molecule has 0 radical (unpaired) electrons. The van der Waals surface area contributed by atoms with Gasteiger partial charge in [0.15, 0.2) is 0 Å². The van der Waals surface area contributed by atoms with Gasteiger partial charge >= 0.3 is 0 Å². The van der Waals surface area contributed by atoms with Crippen molar-refractivity contribution in [3.8, 4) is 0 Å². The number of rotatable bonds is 4. The highest BCUT2D eigenvalue weighted by atomic mass is 32.2. The first-order chi connectivity index (χ1) is 11.5. The van der Waals surface area contributed by atoms with E-state index in [0.29, 0.717) is 11.3 Å². The fourth-order valence-electron chi connectivity index (χ4n) is 3.42. The molecule has 130 valence electrons. The molecule has 0 saturated carbocycles. The zero-order valence-electron chi connectivity index (χ0n) is 14.3. The highest BCUT2D eigenvalue weighted by Crippen LogP contribution is 2.31. The Kier molecular flexibility index (Phi) is 5.46. The zero-order chi connectivity index (χ0) is 17.1. The van der Waals surface area contributed by atoms with Gasteiger partial charge in [0.2, 0.25) is 5.91 Å². The summed E-state index contributed by atoms with van der Waals surface area (Å²) in [4.78, 5) is 27.4. The van der Waals surface area contributed by atoms with Crippen LogP contribution in [-0.2, 0) is 4.79 Å². The first-order valence-corrected chi connectivity index (χ1v) is 9.60. The van der Waals surface area contributed by atoms with Crippen LogP contribution in [-0.4, -0.2) is 48.1 Å². The van der Waals surface area contributed by atoms with Gasteiger partial charge in [-0.1, -0.05) is 6.92 Å². The van der Waals surface area contributed by atoms with E-state index >= 15 is 0 Å². The second-order valence-corrected chi connectivity index (χ2v) is 7.95. The Bertz CT molecular complexity index is 635. The Balaban J connectivity index is 1.58. The first kappa shape index (κ1) is 17.3. The number of hydrogen-bond acceptors (Lipinski definition) is 4. The number of amides is 2. The van der Waals surface area contributed by atoms with Crippen LogP contribution in [0.4, 0.5) is 5.69 Å². The summed E-state index contributed by atoms with van der Waals surface area (Å²) in [5, 5.41) is 5.91. The molecule has 5 nitrogen and oxygen atoms in total. The molecule has 1 saturated heterocycles. The Morgan fingerprint density at radius 2 is 2.33 bits per heavy atom. The second kappa shape index (κ2) is 7.57. The Morgan fingerprint density at radius 3 is 3.12 bits per heavy atom. The number of anilines is 1. The summed E-state index contributed by atoms with van der Waals surface area (Å²) < 4.78 is 0. The molecule has 2 atom stereocenters. The maximum absolute atomic E-state index is 12.5. The normalized spacial score (nSPS) is 22.4. The van der Waals surface area contributed by atoms with Gasteiger partial charge in [-0.05, 0) is 50.4 Å². The van der Waals surface area contributed by atoms with E-state index in [9.17, 15) is 9.59 Å². The minimum atomic E-state index is -0.0832. The smallest absolute Gasteiger partial charge is 0.251 e. The van der Waals surface area contributed by atoms with Crippen molar-refractivity contribution in [1.82, 2.24) is 10.2 Å². The summed E-state index contributed by atoms with van der Waals surface area (Å²) >= 11 is 1.50. The maximum Gasteiger partial charge on any atom is 0.251 e. The third kappa shape index (κ3) is 4.30. The van der Waals surface area contributed by atoms with E-state index in [1.54, 1.807) is 6.07 Å². The van der Waals surface area contributed by atoms with E-state index in [2.05, 4.69) is 22.5 Å². The molecule has 2 amide bonds. The second-order valence-electron chi connectivity index (χ2n) is 6.93. The van der Waals surface area contributed by atoms with Crippen molar-refractivity contribution in [1.29, 1.82) is 0 Å². The molecule has 2 aliphatic rings. The van der Waals surface area contributed by atoms with Gasteiger partial charge in [-0.15, -0.1) is 11.8 Å². The fraction of sp³-hybridized carbons (Fsp3) is 0.556. The molecule has 0 aromatic heterocycles. The third-order valence-electron chi connectivity index (χ3n) is 4.53. The number of fused-ring (bicyclic) bond motifs is 1. The predicted molar refractivity (Wildman–Crippen MR) is 97.6 cm³/mol. The number of carbonyl (C=O) groups excluding carboxylic acids is 2. The zero-order valence-corrected chi connectivity index (χ0v) is 15.1. The Labute approximate surface area is 147 Å². The molecule has 1 aromatic carbocycles. The number of piperidine rings is 1. The van der Waals surface area contributed by atoms with E-state index in [-0.39, 0.29) is 17.9 Å². The van der Waals surface area contributed by atoms with Crippen molar-refractivity contribution >= 4 is 29.3 Å². The number of carbonyl (C=O) groups is 2. The molecule has 0 bridgehead atoms. The lowest BCUT2D eigenvalue weighted by Gasteiger charge is -2.32. The lowest BCUT2D eigenvalue weighted by molar-refractivity contribution is -0.113. The average molecular weight is 347 g/mol. The van der Waals surface area contributed by atoms with Crippen molar-refractivity contribution in [3.63, 3.8) is 0 Å². The number of likely N-dealkylation sites (tertiary alicyclic amines) is 1. The molecule has 2 aliphatic heterocycles. The van der Waals surface area contributed by atoms with Crippen molar-refractivity contribution in [2.75, 3.05) is 30.7 Å². The quantitative estimate of drug-likeness (QED) is 0.879.